The summed E-state index contributed by atoms with van der Waals surface area (Å²) in [6, 6.07) is 6.38. The normalized spacial score (nSPS) is 13.3. The smallest absolute Gasteiger partial charge is 0.189 e. The molecule has 4 rings (SSSR count). The van der Waals surface area contributed by atoms with E-state index >= 15 is 0 Å². The Balaban J connectivity index is 1.52. The van der Waals surface area contributed by atoms with Crippen LogP contribution in [-0.4, -0.2) is 15.1 Å². The summed E-state index contributed by atoms with van der Waals surface area (Å²) in [5, 5.41) is 4.15. The summed E-state index contributed by atoms with van der Waals surface area (Å²) < 4.78 is 13.7. The molecular formula is C17H16FN5S2. The van der Waals surface area contributed by atoms with Crippen molar-refractivity contribution in [2.24, 2.45) is 0 Å². The molecule has 0 unspecified atom stereocenters. The first-order valence-corrected chi connectivity index (χ1v) is 9.27. The predicted octanol–water partition coefficient (Wildman–Crippen LogP) is 4.02. The lowest BCUT2D eigenvalue weighted by Gasteiger charge is -2.14. The standard InChI is InChI=1S/C17H16FN5S2/c18-11-6-2-3-7-12(11)21-17(24)23-22-15-14-10-5-1-4-8-13(10)25-16(14)20-9-19-15/h2-3,6-7,9H,1,4-5,8H2,(H,19,20,22)(H2,21,23,24). The van der Waals surface area contributed by atoms with Crippen LogP contribution in [0.25, 0.3) is 10.2 Å². The Labute approximate surface area is 153 Å². The molecule has 0 fully saturated rings. The Morgan fingerprint density at radius 3 is 2.88 bits per heavy atom. The topological polar surface area (TPSA) is 61.9 Å². The van der Waals surface area contributed by atoms with Gasteiger partial charge in [-0.15, -0.1) is 11.3 Å². The van der Waals surface area contributed by atoms with Crippen LogP contribution in [0.5, 0.6) is 0 Å². The highest BCUT2D eigenvalue weighted by molar-refractivity contribution is 7.80. The number of rotatable bonds is 3. The third-order valence-electron chi connectivity index (χ3n) is 4.17. The highest BCUT2D eigenvalue weighted by atomic mass is 32.1. The van der Waals surface area contributed by atoms with Gasteiger partial charge in [0.15, 0.2) is 10.9 Å². The number of anilines is 2. The fraction of sp³-hybridized carbons (Fsp3) is 0.235. The van der Waals surface area contributed by atoms with Crippen LogP contribution < -0.4 is 16.2 Å². The number of halogens is 1. The van der Waals surface area contributed by atoms with E-state index in [4.69, 9.17) is 12.2 Å². The van der Waals surface area contributed by atoms with E-state index in [2.05, 4.69) is 26.1 Å². The second-order valence-corrected chi connectivity index (χ2v) is 7.29. The van der Waals surface area contributed by atoms with E-state index in [-0.39, 0.29) is 10.9 Å². The SMILES string of the molecule is Fc1ccccc1NC(=S)NNc1ncnc2sc3c(c12)CCCC3. The lowest BCUT2D eigenvalue weighted by atomic mass is 9.97. The van der Waals surface area contributed by atoms with Crippen molar-refractivity contribution >= 4 is 50.4 Å². The molecular weight excluding hydrogens is 357 g/mol. The summed E-state index contributed by atoms with van der Waals surface area (Å²) in [5.74, 6) is 0.338. The molecule has 1 aliphatic rings. The molecule has 128 valence electrons. The highest BCUT2D eigenvalue weighted by Gasteiger charge is 2.19. The molecule has 0 bridgehead atoms. The molecule has 0 aliphatic heterocycles. The summed E-state index contributed by atoms with van der Waals surface area (Å²) in [6.45, 7) is 0. The van der Waals surface area contributed by atoms with E-state index in [1.54, 1.807) is 35.9 Å². The Hall–Kier alpha value is -2.32. The van der Waals surface area contributed by atoms with Crippen molar-refractivity contribution in [2.45, 2.75) is 25.7 Å². The number of thiophene rings is 1. The van der Waals surface area contributed by atoms with Gasteiger partial charge in [-0.25, -0.2) is 14.4 Å². The monoisotopic (exact) mass is 373 g/mol. The average Bonchev–Trinajstić information content (AvgIpc) is 3.01. The van der Waals surface area contributed by atoms with Crippen molar-refractivity contribution < 1.29 is 4.39 Å². The maximum atomic E-state index is 13.7. The summed E-state index contributed by atoms with van der Waals surface area (Å²) in [4.78, 5) is 11.1. The van der Waals surface area contributed by atoms with Gasteiger partial charge in [0.1, 0.15) is 17.0 Å². The first-order valence-electron chi connectivity index (χ1n) is 8.05. The molecule has 3 N–H and O–H groups in total. The van der Waals surface area contributed by atoms with Gasteiger partial charge in [-0.05, 0) is 55.6 Å². The molecule has 2 aromatic heterocycles. The van der Waals surface area contributed by atoms with E-state index in [1.165, 1.54) is 29.3 Å². The van der Waals surface area contributed by atoms with Gasteiger partial charge < -0.3 is 5.32 Å². The van der Waals surface area contributed by atoms with Crippen LogP contribution in [-0.2, 0) is 12.8 Å². The van der Waals surface area contributed by atoms with Crippen LogP contribution in [0.3, 0.4) is 0 Å². The molecule has 8 heteroatoms. The molecule has 0 radical (unpaired) electrons. The number of aromatic nitrogens is 2. The van der Waals surface area contributed by atoms with E-state index < -0.39 is 0 Å². The quantitative estimate of drug-likeness (QED) is 0.476. The largest absolute Gasteiger partial charge is 0.329 e. The first kappa shape index (κ1) is 16.2. The minimum absolute atomic E-state index is 0.265. The lowest BCUT2D eigenvalue weighted by molar-refractivity contribution is 0.632. The summed E-state index contributed by atoms with van der Waals surface area (Å²) in [5.41, 5.74) is 7.58. The summed E-state index contributed by atoms with van der Waals surface area (Å²) in [6.07, 6.45) is 6.12. The summed E-state index contributed by atoms with van der Waals surface area (Å²) in [7, 11) is 0. The lowest BCUT2D eigenvalue weighted by Crippen LogP contribution is -2.34. The van der Waals surface area contributed by atoms with E-state index in [0.29, 0.717) is 11.5 Å². The van der Waals surface area contributed by atoms with Gasteiger partial charge in [0.05, 0.1) is 11.1 Å². The number of hydrogen-bond donors (Lipinski definition) is 3. The van der Waals surface area contributed by atoms with Crippen molar-refractivity contribution in [1.29, 1.82) is 0 Å². The van der Waals surface area contributed by atoms with Crippen LogP contribution in [0, 0.1) is 5.82 Å². The molecule has 0 saturated heterocycles. The Kier molecular flexibility index (Phi) is 4.46. The molecule has 3 aromatic rings. The molecule has 1 aliphatic carbocycles. The average molecular weight is 373 g/mol. The second kappa shape index (κ2) is 6.89. The fourth-order valence-corrected chi connectivity index (χ4v) is 4.41. The zero-order chi connectivity index (χ0) is 17.2. The Morgan fingerprint density at radius 1 is 1.16 bits per heavy atom. The number of aryl methyl sites for hydroxylation is 2. The van der Waals surface area contributed by atoms with Crippen LogP contribution in [0.1, 0.15) is 23.3 Å². The molecule has 0 atom stereocenters. The minimum atomic E-state index is -0.358. The highest BCUT2D eigenvalue weighted by Crippen LogP contribution is 2.37. The van der Waals surface area contributed by atoms with Crippen molar-refractivity contribution in [3.8, 4) is 0 Å². The second-order valence-electron chi connectivity index (χ2n) is 5.80. The maximum absolute atomic E-state index is 13.7. The molecule has 0 saturated carbocycles. The minimum Gasteiger partial charge on any atom is -0.329 e. The van der Waals surface area contributed by atoms with Gasteiger partial charge in [-0.1, -0.05) is 12.1 Å². The third-order valence-corrected chi connectivity index (χ3v) is 5.57. The number of hydrazine groups is 1. The van der Waals surface area contributed by atoms with Crippen LogP contribution in [0.2, 0.25) is 0 Å². The first-order chi connectivity index (χ1) is 12.2. The van der Waals surface area contributed by atoms with Gasteiger partial charge in [-0.2, -0.15) is 0 Å². The fourth-order valence-electron chi connectivity index (χ4n) is 3.02. The third kappa shape index (κ3) is 3.27. The zero-order valence-electron chi connectivity index (χ0n) is 13.3. The van der Waals surface area contributed by atoms with E-state index in [1.807, 2.05) is 0 Å². The van der Waals surface area contributed by atoms with Gasteiger partial charge in [0, 0.05) is 4.88 Å². The number of nitrogens with zero attached hydrogens (tertiary/aromatic N) is 2. The van der Waals surface area contributed by atoms with Crippen molar-refractivity contribution in [2.75, 3.05) is 10.7 Å². The van der Waals surface area contributed by atoms with Crippen molar-refractivity contribution in [1.82, 2.24) is 15.4 Å². The Morgan fingerprint density at radius 2 is 2.00 bits per heavy atom. The van der Waals surface area contributed by atoms with Crippen molar-refractivity contribution in [3.63, 3.8) is 0 Å². The number of benzene rings is 1. The van der Waals surface area contributed by atoms with Gasteiger partial charge >= 0.3 is 0 Å². The van der Waals surface area contributed by atoms with Crippen LogP contribution in [0.4, 0.5) is 15.9 Å². The molecule has 0 spiro atoms. The number of hydrogen-bond acceptors (Lipinski definition) is 5. The Bertz CT molecular complexity index is 940. The molecule has 5 nitrogen and oxygen atoms in total. The van der Waals surface area contributed by atoms with E-state index in [9.17, 15) is 4.39 Å². The molecule has 25 heavy (non-hydrogen) atoms. The van der Waals surface area contributed by atoms with Crippen molar-refractivity contribution in [3.05, 3.63) is 46.9 Å². The van der Waals surface area contributed by atoms with Gasteiger partial charge in [0.2, 0.25) is 0 Å². The zero-order valence-corrected chi connectivity index (χ0v) is 14.9. The number of para-hydroxylation sites is 1. The van der Waals surface area contributed by atoms with Gasteiger partial charge in [0.25, 0.3) is 0 Å². The van der Waals surface area contributed by atoms with E-state index in [0.717, 1.165) is 23.1 Å². The summed E-state index contributed by atoms with van der Waals surface area (Å²) >= 11 is 6.96. The van der Waals surface area contributed by atoms with Gasteiger partial charge in [-0.3, -0.25) is 10.9 Å². The number of thiocarbonyl (C=S) groups is 1. The number of nitrogens with one attached hydrogen (secondary N) is 3. The maximum Gasteiger partial charge on any atom is 0.189 e. The predicted molar refractivity (Wildman–Crippen MR) is 103 cm³/mol. The number of fused-ring (bicyclic) bond motifs is 3. The van der Waals surface area contributed by atoms with Crippen LogP contribution >= 0.6 is 23.6 Å². The molecule has 0 amide bonds. The molecule has 1 aromatic carbocycles. The van der Waals surface area contributed by atoms with Crippen LogP contribution in [0.15, 0.2) is 30.6 Å². The molecule has 2 heterocycles.